The largest absolute Gasteiger partial charge is 0.359 e. The van der Waals surface area contributed by atoms with E-state index in [4.69, 9.17) is 10.3 Å². The molecule has 0 saturated carbocycles. The van der Waals surface area contributed by atoms with Crippen LogP contribution in [0.5, 0.6) is 0 Å². The summed E-state index contributed by atoms with van der Waals surface area (Å²) in [6, 6.07) is 11.6. The molecule has 0 bridgehead atoms. The number of hydrogen-bond donors (Lipinski definition) is 1. The summed E-state index contributed by atoms with van der Waals surface area (Å²) in [5, 5.41) is 8.33. The lowest BCUT2D eigenvalue weighted by Crippen LogP contribution is -2.02. The number of benzene rings is 1. The molecule has 96 valence electrons. The highest BCUT2D eigenvalue weighted by atomic mass is 16.5. The van der Waals surface area contributed by atoms with Gasteiger partial charge in [0.05, 0.1) is 17.9 Å². The Balaban J connectivity index is 1.92. The highest BCUT2D eigenvalue weighted by Crippen LogP contribution is 2.22. The normalized spacial score (nSPS) is 12.5. The molecule has 19 heavy (non-hydrogen) atoms. The van der Waals surface area contributed by atoms with Crippen molar-refractivity contribution in [2.75, 3.05) is 0 Å². The summed E-state index contributed by atoms with van der Waals surface area (Å²) in [4.78, 5) is 0. The van der Waals surface area contributed by atoms with Gasteiger partial charge in [0, 0.05) is 17.8 Å². The number of hydrogen-bond acceptors (Lipinski definition) is 4. The molecular weight excluding hydrogens is 240 g/mol. The summed E-state index contributed by atoms with van der Waals surface area (Å²) in [7, 11) is 0. The zero-order valence-corrected chi connectivity index (χ0v) is 10.5. The number of aromatic nitrogens is 3. The minimum atomic E-state index is -0.162. The lowest BCUT2D eigenvalue weighted by Gasteiger charge is -1.98. The van der Waals surface area contributed by atoms with Gasteiger partial charge >= 0.3 is 0 Å². The second kappa shape index (κ2) is 4.70. The quantitative estimate of drug-likeness (QED) is 0.779. The summed E-state index contributed by atoms with van der Waals surface area (Å²) >= 11 is 0. The van der Waals surface area contributed by atoms with Crippen molar-refractivity contribution < 1.29 is 4.52 Å². The Labute approximate surface area is 110 Å². The van der Waals surface area contributed by atoms with E-state index in [1.807, 2.05) is 49.5 Å². The van der Waals surface area contributed by atoms with Crippen LogP contribution >= 0.6 is 0 Å². The molecule has 3 rings (SSSR count). The van der Waals surface area contributed by atoms with E-state index in [1.165, 1.54) is 0 Å². The van der Waals surface area contributed by atoms with Crippen molar-refractivity contribution in [3.8, 4) is 16.9 Å². The van der Waals surface area contributed by atoms with Crippen LogP contribution in [0.25, 0.3) is 16.9 Å². The summed E-state index contributed by atoms with van der Waals surface area (Å²) in [5.74, 6) is 0.669. The Hall–Kier alpha value is -2.40. The fraction of sp³-hybridized carbons (Fsp3) is 0.143. The van der Waals surface area contributed by atoms with Crippen molar-refractivity contribution in [1.29, 1.82) is 0 Å². The van der Waals surface area contributed by atoms with Crippen LogP contribution in [0.2, 0.25) is 0 Å². The third-order valence-electron chi connectivity index (χ3n) is 2.88. The molecule has 2 N–H and O–H groups in total. The fourth-order valence-electron chi connectivity index (χ4n) is 1.82. The van der Waals surface area contributed by atoms with Crippen LogP contribution in [-0.4, -0.2) is 14.9 Å². The maximum Gasteiger partial charge on any atom is 0.153 e. The van der Waals surface area contributed by atoms with Crippen molar-refractivity contribution in [1.82, 2.24) is 14.9 Å². The summed E-state index contributed by atoms with van der Waals surface area (Å²) in [5.41, 5.74) is 8.40. The standard InChI is InChI=1S/C14H14N4O/c1-10(15)14-7-13(17-19-14)11-8-16-18(9-11)12-5-3-2-4-6-12/h2-10H,15H2,1H3. The third kappa shape index (κ3) is 2.28. The van der Waals surface area contributed by atoms with E-state index >= 15 is 0 Å². The van der Waals surface area contributed by atoms with Gasteiger partial charge in [-0.2, -0.15) is 5.10 Å². The summed E-state index contributed by atoms with van der Waals surface area (Å²) in [6.45, 7) is 1.86. The second-order valence-corrected chi connectivity index (χ2v) is 4.41. The average Bonchev–Trinajstić information content (AvgIpc) is 3.09. The molecule has 0 saturated heterocycles. The van der Waals surface area contributed by atoms with Crippen LogP contribution in [0.3, 0.4) is 0 Å². The molecule has 2 aromatic heterocycles. The van der Waals surface area contributed by atoms with Gasteiger partial charge in [0.1, 0.15) is 5.69 Å². The molecule has 2 heterocycles. The van der Waals surface area contributed by atoms with E-state index in [9.17, 15) is 0 Å². The van der Waals surface area contributed by atoms with Gasteiger partial charge < -0.3 is 10.3 Å². The topological polar surface area (TPSA) is 69.9 Å². The van der Waals surface area contributed by atoms with Crippen LogP contribution < -0.4 is 5.73 Å². The van der Waals surface area contributed by atoms with Crippen molar-refractivity contribution in [2.24, 2.45) is 5.73 Å². The number of nitrogens with two attached hydrogens (primary N) is 1. The van der Waals surface area contributed by atoms with Crippen molar-refractivity contribution in [2.45, 2.75) is 13.0 Å². The van der Waals surface area contributed by atoms with E-state index in [0.717, 1.165) is 16.9 Å². The number of nitrogens with zero attached hydrogens (tertiary/aromatic N) is 3. The van der Waals surface area contributed by atoms with Crippen molar-refractivity contribution in [3.05, 3.63) is 54.6 Å². The zero-order chi connectivity index (χ0) is 13.2. The fourth-order valence-corrected chi connectivity index (χ4v) is 1.82. The highest BCUT2D eigenvalue weighted by Gasteiger charge is 2.11. The molecule has 0 spiro atoms. The predicted molar refractivity (Wildman–Crippen MR) is 71.7 cm³/mol. The van der Waals surface area contributed by atoms with Crippen molar-refractivity contribution in [3.63, 3.8) is 0 Å². The smallest absolute Gasteiger partial charge is 0.153 e. The molecule has 0 amide bonds. The molecule has 1 aromatic carbocycles. The van der Waals surface area contributed by atoms with Gasteiger partial charge in [0.25, 0.3) is 0 Å². The average molecular weight is 254 g/mol. The van der Waals surface area contributed by atoms with E-state index < -0.39 is 0 Å². The third-order valence-corrected chi connectivity index (χ3v) is 2.88. The Kier molecular flexibility index (Phi) is 2.89. The first-order valence-electron chi connectivity index (χ1n) is 6.07. The van der Waals surface area contributed by atoms with Crippen LogP contribution in [0.4, 0.5) is 0 Å². The monoisotopic (exact) mass is 254 g/mol. The molecule has 3 aromatic rings. The van der Waals surface area contributed by atoms with Crippen LogP contribution in [0, 0.1) is 0 Å². The SMILES string of the molecule is CC(N)c1cc(-c2cnn(-c3ccccc3)c2)no1. The number of rotatable bonds is 3. The van der Waals surface area contributed by atoms with E-state index in [2.05, 4.69) is 10.3 Å². The predicted octanol–water partition coefficient (Wildman–Crippen LogP) is 2.55. The molecule has 5 heteroatoms. The maximum atomic E-state index is 5.75. The number of para-hydroxylation sites is 1. The van der Waals surface area contributed by atoms with E-state index in [-0.39, 0.29) is 6.04 Å². The maximum absolute atomic E-state index is 5.75. The van der Waals surface area contributed by atoms with E-state index in [0.29, 0.717) is 5.76 Å². The molecule has 0 radical (unpaired) electrons. The van der Waals surface area contributed by atoms with Gasteiger partial charge in [-0.3, -0.25) is 0 Å². The first-order chi connectivity index (χ1) is 9.24. The van der Waals surface area contributed by atoms with Gasteiger partial charge in [-0.25, -0.2) is 4.68 Å². The minimum absolute atomic E-state index is 0.162. The first kappa shape index (κ1) is 11.7. The van der Waals surface area contributed by atoms with Gasteiger partial charge in [0.15, 0.2) is 5.76 Å². The Morgan fingerprint density at radius 3 is 2.74 bits per heavy atom. The Bertz CT molecular complexity index is 670. The van der Waals surface area contributed by atoms with Gasteiger partial charge in [0.2, 0.25) is 0 Å². The second-order valence-electron chi connectivity index (χ2n) is 4.41. The molecule has 0 aliphatic carbocycles. The summed E-state index contributed by atoms with van der Waals surface area (Å²) in [6.07, 6.45) is 3.67. The van der Waals surface area contributed by atoms with Gasteiger partial charge in [-0.15, -0.1) is 0 Å². The molecule has 0 aliphatic rings. The zero-order valence-electron chi connectivity index (χ0n) is 10.5. The Morgan fingerprint density at radius 1 is 1.26 bits per heavy atom. The van der Waals surface area contributed by atoms with Crippen LogP contribution in [0.1, 0.15) is 18.7 Å². The van der Waals surface area contributed by atoms with Gasteiger partial charge in [-0.1, -0.05) is 23.4 Å². The molecule has 0 aliphatic heterocycles. The molecule has 5 nitrogen and oxygen atoms in total. The van der Waals surface area contributed by atoms with Crippen LogP contribution in [0.15, 0.2) is 53.3 Å². The van der Waals surface area contributed by atoms with Gasteiger partial charge in [-0.05, 0) is 19.1 Å². The highest BCUT2D eigenvalue weighted by molar-refractivity contribution is 5.57. The first-order valence-corrected chi connectivity index (χ1v) is 6.07. The van der Waals surface area contributed by atoms with Crippen LogP contribution in [-0.2, 0) is 0 Å². The van der Waals surface area contributed by atoms with E-state index in [1.54, 1.807) is 10.9 Å². The Morgan fingerprint density at radius 2 is 2.05 bits per heavy atom. The van der Waals surface area contributed by atoms with Crippen molar-refractivity contribution >= 4 is 0 Å². The molecule has 0 fully saturated rings. The minimum Gasteiger partial charge on any atom is -0.359 e. The molecule has 1 atom stereocenters. The molecular formula is C14H14N4O. The lowest BCUT2D eigenvalue weighted by molar-refractivity contribution is 0.369. The lowest BCUT2D eigenvalue weighted by atomic mass is 10.2. The summed E-state index contributed by atoms with van der Waals surface area (Å²) < 4.78 is 6.98. The molecule has 1 unspecified atom stereocenters.